The highest BCUT2D eigenvalue weighted by Crippen LogP contribution is 2.10. The van der Waals surface area contributed by atoms with Gasteiger partial charge in [-0.15, -0.1) is 0 Å². The maximum Gasteiger partial charge on any atom is 0.272 e. The molecule has 1 fully saturated rings. The van der Waals surface area contributed by atoms with Gasteiger partial charge in [0, 0.05) is 44.1 Å². The van der Waals surface area contributed by atoms with Gasteiger partial charge in [0.05, 0.1) is 13.2 Å². The number of carbonyl (C=O) groups is 1. The van der Waals surface area contributed by atoms with E-state index in [0.717, 1.165) is 25.4 Å². The number of carbonyl (C=O) groups excluding carboxylic acids is 1. The van der Waals surface area contributed by atoms with E-state index in [2.05, 4.69) is 15.6 Å². The van der Waals surface area contributed by atoms with Crippen molar-refractivity contribution in [3.05, 3.63) is 24.0 Å². The minimum atomic E-state index is -0.0252. The number of anilines is 1. The number of nitrogens with one attached hydrogen (secondary N) is 2. The largest absolute Gasteiger partial charge is 0.383 e. The summed E-state index contributed by atoms with van der Waals surface area (Å²) >= 11 is 0. The molecule has 6 heteroatoms. The molecule has 1 saturated heterocycles. The molecule has 2 rings (SSSR count). The summed E-state index contributed by atoms with van der Waals surface area (Å²) in [5.41, 5.74) is 1.39. The van der Waals surface area contributed by atoms with Crippen LogP contribution in [0.15, 0.2) is 18.3 Å². The van der Waals surface area contributed by atoms with E-state index in [1.54, 1.807) is 11.1 Å². The fourth-order valence-electron chi connectivity index (χ4n) is 2.32. The first-order valence-corrected chi connectivity index (χ1v) is 7.55. The number of pyridine rings is 1. The lowest BCUT2D eigenvalue weighted by molar-refractivity contribution is 0.0767. The van der Waals surface area contributed by atoms with E-state index in [1.165, 1.54) is 0 Å². The predicted octanol–water partition coefficient (Wildman–Crippen LogP) is 0.964. The van der Waals surface area contributed by atoms with Crippen molar-refractivity contribution in [2.75, 3.05) is 44.7 Å². The average Bonchev–Trinajstić information content (AvgIpc) is 2.55. The Bertz CT molecular complexity index is 457. The molecule has 1 atom stereocenters. The molecule has 0 aliphatic carbocycles. The summed E-state index contributed by atoms with van der Waals surface area (Å²) in [4.78, 5) is 18.2. The van der Waals surface area contributed by atoms with Crippen molar-refractivity contribution in [1.29, 1.82) is 0 Å². The Morgan fingerprint density at radius 1 is 1.52 bits per heavy atom. The molecule has 21 heavy (non-hydrogen) atoms. The Morgan fingerprint density at radius 3 is 3.00 bits per heavy atom. The van der Waals surface area contributed by atoms with E-state index in [9.17, 15) is 4.79 Å². The van der Waals surface area contributed by atoms with E-state index in [-0.39, 0.29) is 5.91 Å². The van der Waals surface area contributed by atoms with Gasteiger partial charge in [0.2, 0.25) is 0 Å². The normalized spacial score (nSPS) is 18.3. The topological polar surface area (TPSA) is 66.5 Å². The van der Waals surface area contributed by atoms with Gasteiger partial charge in [0.1, 0.15) is 5.69 Å². The monoisotopic (exact) mass is 292 g/mol. The summed E-state index contributed by atoms with van der Waals surface area (Å²) in [6, 6.07) is 3.99. The molecule has 0 saturated carbocycles. The van der Waals surface area contributed by atoms with Gasteiger partial charge in [-0.3, -0.25) is 9.78 Å². The van der Waals surface area contributed by atoms with Crippen molar-refractivity contribution in [2.24, 2.45) is 0 Å². The first kappa shape index (κ1) is 15.7. The maximum atomic E-state index is 12.3. The molecule has 2 heterocycles. The molecular weight excluding hydrogens is 268 g/mol. The Hall–Kier alpha value is -1.66. The summed E-state index contributed by atoms with van der Waals surface area (Å²) in [7, 11) is 0. The first-order chi connectivity index (χ1) is 10.2. The number of hydrogen-bond donors (Lipinski definition) is 2. The predicted molar refractivity (Wildman–Crippen MR) is 82.6 cm³/mol. The number of aromatic nitrogens is 1. The first-order valence-electron chi connectivity index (χ1n) is 7.55. The van der Waals surface area contributed by atoms with Gasteiger partial charge < -0.3 is 20.3 Å². The molecule has 1 aromatic rings. The Kier molecular flexibility index (Phi) is 5.95. The van der Waals surface area contributed by atoms with Crippen molar-refractivity contribution in [3.8, 4) is 0 Å². The minimum absolute atomic E-state index is 0.0252. The Balaban J connectivity index is 1.95. The second-order valence-corrected chi connectivity index (χ2v) is 5.01. The second-order valence-electron chi connectivity index (χ2n) is 5.01. The summed E-state index contributed by atoms with van der Waals surface area (Å²) < 4.78 is 5.42. The van der Waals surface area contributed by atoms with Crippen molar-refractivity contribution in [1.82, 2.24) is 15.2 Å². The van der Waals surface area contributed by atoms with Crippen LogP contribution in [0.3, 0.4) is 0 Å². The van der Waals surface area contributed by atoms with Crippen LogP contribution in [0.5, 0.6) is 0 Å². The van der Waals surface area contributed by atoms with Crippen LogP contribution in [0.1, 0.15) is 24.3 Å². The lowest BCUT2D eigenvalue weighted by atomic mass is 10.2. The zero-order chi connectivity index (χ0) is 15.1. The smallest absolute Gasteiger partial charge is 0.272 e. The SMILES string of the molecule is CCN(CC)C(=O)c1cc(NCC2COCCN2)ccn1. The molecule has 0 aromatic carbocycles. The van der Waals surface area contributed by atoms with Crippen LogP contribution in [0.25, 0.3) is 0 Å². The van der Waals surface area contributed by atoms with Gasteiger partial charge in [-0.2, -0.15) is 0 Å². The Labute approximate surface area is 125 Å². The third-order valence-corrected chi connectivity index (χ3v) is 3.58. The van der Waals surface area contributed by atoms with Crippen LogP contribution in [0.4, 0.5) is 5.69 Å². The van der Waals surface area contributed by atoms with Crippen LogP contribution in [0.2, 0.25) is 0 Å². The maximum absolute atomic E-state index is 12.3. The number of hydrogen-bond acceptors (Lipinski definition) is 5. The van der Waals surface area contributed by atoms with E-state index < -0.39 is 0 Å². The highest BCUT2D eigenvalue weighted by Gasteiger charge is 2.15. The van der Waals surface area contributed by atoms with Crippen molar-refractivity contribution < 1.29 is 9.53 Å². The van der Waals surface area contributed by atoms with Gasteiger partial charge in [0.25, 0.3) is 5.91 Å². The average molecular weight is 292 g/mol. The van der Waals surface area contributed by atoms with Crippen molar-refractivity contribution >= 4 is 11.6 Å². The number of amides is 1. The van der Waals surface area contributed by atoms with Gasteiger partial charge >= 0.3 is 0 Å². The highest BCUT2D eigenvalue weighted by atomic mass is 16.5. The lowest BCUT2D eigenvalue weighted by Crippen LogP contribution is -2.45. The molecule has 1 aliphatic rings. The van der Waals surface area contributed by atoms with Gasteiger partial charge in [-0.05, 0) is 26.0 Å². The number of ether oxygens (including phenoxy) is 1. The Morgan fingerprint density at radius 2 is 2.33 bits per heavy atom. The van der Waals surface area contributed by atoms with E-state index in [4.69, 9.17) is 4.74 Å². The highest BCUT2D eigenvalue weighted by molar-refractivity contribution is 5.93. The van der Waals surface area contributed by atoms with E-state index >= 15 is 0 Å². The molecule has 116 valence electrons. The van der Waals surface area contributed by atoms with Crippen LogP contribution >= 0.6 is 0 Å². The number of morpholine rings is 1. The van der Waals surface area contributed by atoms with Crippen LogP contribution < -0.4 is 10.6 Å². The molecule has 1 unspecified atom stereocenters. The zero-order valence-electron chi connectivity index (χ0n) is 12.8. The summed E-state index contributed by atoms with van der Waals surface area (Å²) in [5.74, 6) is -0.0252. The summed E-state index contributed by atoms with van der Waals surface area (Å²) in [6.45, 7) is 8.46. The molecule has 1 aliphatic heterocycles. The summed E-state index contributed by atoms with van der Waals surface area (Å²) in [5, 5.41) is 6.72. The molecular formula is C15H24N4O2. The third-order valence-electron chi connectivity index (χ3n) is 3.58. The summed E-state index contributed by atoms with van der Waals surface area (Å²) in [6.07, 6.45) is 1.67. The minimum Gasteiger partial charge on any atom is -0.383 e. The molecule has 1 amide bonds. The number of rotatable bonds is 6. The molecule has 1 aromatic heterocycles. The fraction of sp³-hybridized carbons (Fsp3) is 0.600. The third kappa shape index (κ3) is 4.41. The lowest BCUT2D eigenvalue weighted by Gasteiger charge is -2.24. The van der Waals surface area contributed by atoms with Gasteiger partial charge in [-0.1, -0.05) is 0 Å². The van der Waals surface area contributed by atoms with Crippen LogP contribution in [-0.2, 0) is 4.74 Å². The molecule has 0 spiro atoms. The van der Waals surface area contributed by atoms with Crippen LogP contribution in [0, 0.1) is 0 Å². The van der Waals surface area contributed by atoms with Gasteiger partial charge in [-0.25, -0.2) is 0 Å². The molecule has 2 N–H and O–H groups in total. The van der Waals surface area contributed by atoms with E-state index in [0.29, 0.717) is 31.4 Å². The molecule has 0 radical (unpaired) electrons. The van der Waals surface area contributed by atoms with Crippen LogP contribution in [-0.4, -0.2) is 61.2 Å². The fourth-order valence-corrected chi connectivity index (χ4v) is 2.32. The molecule has 0 bridgehead atoms. The van der Waals surface area contributed by atoms with Crippen molar-refractivity contribution in [3.63, 3.8) is 0 Å². The van der Waals surface area contributed by atoms with E-state index in [1.807, 2.05) is 26.0 Å². The standard InChI is InChI=1S/C15H24N4O2/c1-3-19(4-2)15(20)14-9-12(5-6-17-14)18-10-13-11-21-8-7-16-13/h5-6,9,13,16H,3-4,7-8,10-11H2,1-2H3,(H,17,18). The second kappa shape index (κ2) is 7.95. The van der Waals surface area contributed by atoms with Gasteiger partial charge in [0.15, 0.2) is 0 Å². The van der Waals surface area contributed by atoms with Crippen molar-refractivity contribution in [2.45, 2.75) is 19.9 Å². The quantitative estimate of drug-likeness (QED) is 0.817. The number of nitrogens with zero attached hydrogens (tertiary/aromatic N) is 2. The zero-order valence-corrected chi connectivity index (χ0v) is 12.8. The molecule has 6 nitrogen and oxygen atoms in total.